The van der Waals surface area contributed by atoms with Crippen LogP contribution in [0.3, 0.4) is 0 Å². The lowest BCUT2D eigenvalue weighted by molar-refractivity contribution is -0.126. The molecular formula is C14H29N3O2. The van der Waals surface area contributed by atoms with E-state index in [0.717, 1.165) is 25.9 Å². The van der Waals surface area contributed by atoms with Crippen molar-refractivity contribution in [2.75, 3.05) is 19.6 Å². The quantitative estimate of drug-likeness (QED) is 0.462. The number of Topliss-reactive ketones (excluding diaryl/α,β-unsaturated/α-hetero) is 1. The zero-order valence-corrected chi connectivity index (χ0v) is 12.3. The standard InChI is InChI=1S/C14H29N3O2/c1-3-4-10-16-11-6-5-7-13(12(2)18)17-14(19)8-9-15/h13,16H,3-11,15H2,1-2H3,(H,17,19). The Bertz CT molecular complexity index is 257. The summed E-state index contributed by atoms with van der Waals surface area (Å²) in [5.74, 6) is -0.118. The van der Waals surface area contributed by atoms with Gasteiger partial charge in [-0.15, -0.1) is 0 Å². The van der Waals surface area contributed by atoms with Crippen molar-refractivity contribution in [3.05, 3.63) is 0 Å². The first-order valence-corrected chi connectivity index (χ1v) is 7.32. The SMILES string of the molecule is CCCCNCCCCC(NC(=O)CCN)C(C)=O. The van der Waals surface area contributed by atoms with Crippen molar-refractivity contribution in [1.29, 1.82) is 0 Å². The van der Waals surface area contributed by atoms with Gasteiger partial charge in [-0.1, -0.05) is 13.3 Å². The molecule has 0 saturated heterocycles. The maximum atomic E-state index is 11.4. The van der Waals surface area contributed by atoms with Crippen molar-refractivity contribution in [1.82, 2.24) is 10.6 Å². The number of rotatable bonds is 12. The minimum absolute atomic E-state index is 0.0179. The van der Waals surface area contributed by atoms with Gasteiger partial charge in [0.15, 0.2) is 5.78 Å². The van der Waals surface area contributed by atoms with E-state index in [2.05, 4.69) is 17.6 Å². The van der Waals surface area contributed by atoms with Gasteiger partial charge in [0.2, 0.25) is 5.91 Å². The number of amides is 1. The topological polar surface area (TPSA) is 84.2 Å². The fraction of sp³-hybridized carbons (Fsp3) is 0.857. The van der Waals surface area contributed by atoms with Crippen molar-refractivity contribution in [2.24, 2.45) is 5.73 Å². The number of carbonyl (C=O) groups excluding carboxylic acids is 2. The molecule has 19 heavy (non-hydrogen) atoms. The molecule has 1 amide bonds. The lowest BCUT2D eigenvalue weighted by atomic mass is 10.1. The van der Waals surface area contributed by atoms with Crippen LogP contribution in [0.4, 0.5) is 0 Å². The number of hydrogen-bond donors (Lipinski definition) is 3. The second-order valence-electron chi connectivity index (χ2n) is 4.87. The second kappa shape index (κ2) is 12.1. The molecule has 5 heteroatoms. The number of nitrogens with two attached hydrogens (primary N) is 1. The molecule has 0 aromatic heterocycles. The van der Waals surface area contributed by atoms with Gasteiger partial charge in [-0.05, 0) is 45.7 Å². The van der Waals surface area contributed by atoms with Gasteiger partial charge in [0.25, 0.3) is 0 Å². The molecule has 0 heterocycles. The van der Waals surface area contributed by atoms with Crippen LogP contribution in [-0.4, -0.2) is 37.4 Å². The summed E-state index contributed by atoms with van der Waals surface area (Å²) in [4.78, 5) is 22.8. The fourth-order valence-corrected chi connectivity index (χ4v) is 1.80. The Balaban J connectivity index is 3.71. The Labute approximate surface area is 116 Å². The third-order valence-electron chi connectivity index (χ3n) is 3.00. The molecule has 5 nitrogen and oxygen atoms in total. The summed E-state index contributed by atoms with van der Waals surface area (Å²) in [5, 5.41) is 6.10. The Morgan fingerprint density at radius 3 is 2.42 bits per heavy atom. The van der Waals surface area contributed by atoms with Crippen LogP contribution in [0.1, 0.15) is 52.4 Å². The molecule has 0 saturated carbocycles. The van der Waals surface area contributed by atoms with Crippen LogP contribution >= 0.6 is 0 Å². The van der Waals surface area contributed by atoms with Crippen LogP contribution in [0.2, 0.25) is 0 Å². The number of carbonyl (C=O) groups is 2. The maximum absolute atomic E-state index is 11.4. The third kappa shape index (κ3) is 10.7. The first-order chi connectivity index (χ1) is 9.11. The molecule has 0 radical (unpaired) electrons. The Morgan fingerprint density at radius 2 is 1.84 bits per heavy atom. The molecule has 4 N–H and O–H groups in total. The van der Waals surface area contributed by atoms with Crippen molar-refractivity contribution >= 4 is 11.7 Å². The van der Waals surface area contributed by atoms with Gasteiger partial charge in [-0.2, -0.15) is 0 Å². The van der Waals surface area contributed by atoms with Crippen LogP contribution in [0.15, 0.2) is 0 Å². The molecule has 0 aliphatic heterocycles. The van der Waals surface area contributed by atoms with Crippen molar-refractivity contribution < 1.29 is 9.59 Å². The second-order valence-corrected chi connectivity index (χ2v) is 4.87. The molecule has 0 rings (SSSR count). The van der Waals surface area contributed by atoms with E-state index in [0.29, 0.717) is 13.0 Å². The number of hydrogen-bond acceptors (Lipinski definition) is 4. The van der Waals surface area contributed by atoms with Crippen LogP contribution in [-0.2, 0) is 9.59 Å². The molecule has 112 valence electrons. The van der Waals surface area contributed by atoms with E-state index in [1.807, 2.05) is 0 Å². The highest BCUT2D eigenvalue weighted by atomic mass is 16.2. The zero-order chi connectivity index (χ0) is 14.5. The minimum Gasteiger partial charge on any atom is -0.346 e. The highest BCUT2D eigenvalue weighted by Gasteiger charge is 2.15. The van der Waals surface area contributed by atoms with Gasteiger partial charge in [-0.3, -0.25) is 9.59 Å². The van der Waals surface area contributed by atoms with E-state index in [-0.39, 0.29) is 24.2 Å². The van der Waals surface area contributed by atoms with Crippen LogP contribution < -0.4 is 16.4 Å². The van der Waals surface area contributed by atoms with E-state index in [4.69, 9.17) is 5.73 Å². The van der Waals surface area contributed by atoms with E-state index in [1.54, 1.807) is 0 Å². The van der Waals surface area contributed by atoms with Crippen molar-refractivity contribution in [3.63, 3.8) is 0 Å². The molecule has 0 aliphatic rings. The lowest BCUT2D eigenvalue weighted by Gasteiger charge is -2.15. The first kappa shape index (κ1) is 18.1. The smallest absolute Gasteiger partial charge is 0.221 e. The molecule has 1 unspecified atom stereocenters. The van der Waals surface area contributed by atoms with E-state index in [9.17, 15) is 9.59 Å². The average molecular weight is 271 g/mol. The molecule has 0 aromatic carbocycles. The Hall–Kier alpha value is -0.940. The monoisotopic (exact) mass is 271 g/mol. The summed E-state index contributed by atoms with van der Waals surface area (Å²) in [5.41, 5.74) is 5.31. The van der Waals surface area contributed by atoms with Gasteiger partial charge in [0.05, 0.1) is 6.04 Å². The number of nitrogens with one attached hydrogen (secondary N) is 2. The van der Waals surface area contributed by atoms with Crippen LogP contribution in [0.5, 0.6) is 0 Å². The zero-order valence-electron chi connectivity index (χ0n) is 12.3. The maximum Gasteiger partial charge on any atom is 0.221 e. The van der Waals surface area contributed by atoms with Crippen LogP contribution in [0.25, 0.3) is 0 Å². The highest BCUT2D eigenvalue weighted by Crippen LogP contribution is 2.02. The summed E-state index contributed by atoms with van der Waals surface area (Å²) < 4.78 is 0. The fourth-order valence-electron chi connectivity index (χ4n) is 1.80. The van der Waals surface area contributed by atoms with Gasteiger partial charge in [0, 0.05) is 13.0 Å². The molecular weight excluding hydrogens is 242 g/mol. The van der Waals surface area contributed by atoms with E-state index in [1.165, 1.54) is 19.8 Å². The normalized spacial score (nSPS) is 12.2. The van der Waals surface area contributed by atoms with Gasteiger partial charge in [-0.25, -0.2) is 0 Å². The van der Waals surface area contributed by atoms with Crippen molar-refractivity contribution in [2.45, 2.75) is 58.4 Å². The van der Waals surface area contributed by atoms with Gasteiger partial charge >= 0.3 is 0 Å². The summed E-state index contributed by atoms with van der Waals surface area (Å²) in [6.07, 6.45) is 5.35. The molecule has 0 aliphatic carbocycles. The molecule has 0 fully saturated rings. The van der Waals surface area contributed by atoms with Gasteiger partial charge in [0.1, 0.15) is 0 Å². The minimum atomic E-state index is -0.352. The number of ketones is 1. The van der Waals surface area contributed by atoms with Crippen molar-refractivity contribution in [3.8, 4) is 0 Å². The predicted octanol–water partition coefficient (Wildman–Crippen LogP) is 0.969. The molecule has 0 spiro atoms. The van der Waals surface area contributed by atoms with E-state index < -0.39 is 0 Å². The average Bonchev–Trinajstić information content (AvgIpc) is 2.36. The summed E-state index contributed by atoms with van der Waals surface area (Å²) >= 11 is 0. The van der Waals surface area contributed by atoms with Crippen LogP contribution in [0, 0.1) is 0 Å². The lowest BCUT2D eigenvalue weighted by Crippen LogP contribution is -2.40. The largest absolute Gasteiger partial charge is 0.346 e. The first-order valence-electron chi connectivity index (χ1n) is 7.32. The highest BCUT2D eigenvalue weighted by molar-refractivity contribution is 5.87. The molecule has 0 bridgehead atoms. The Kier molecular flexibility index (Phi) is 11.5. The predicted molar refractivity (Wildman–Crippen MR) is 77.9 cm³/mol. The summed E-state index contributed by atoms with van der Waals surface area (Å²) in [7, 11) is 0. The summed E-state index contributed by atoms with van der Waals surface area (Å²) in [6.45, 7) is 6.04. The Morgan fingerprint density at radius 1 is 1.16 bits per heavy atom. The molecule has 1 atom stereocenters. The third-order valence-corrected chi connectivity index (χ3v) is 3.00. The number of unbranched alkanes of at least 4 members (excludes halogenated alkanes) is 2. The van der Waals surface area contributed by atoms with Gasteiger partial charge < -0.3 is 16.4 Å². The molecule has 0 aromatic rings. The summed E-state index contributed by atoms with van der Waals surface area (Å²) in [6, 6.07) is -0.352. The van der Waals surface area contributed by atoms with E-state index >= 15 is 0 Å².